The number of carbonyl (C=O) groups is 1. The molecule has 0 unspecified atom stereocenters. The monoisotopic (exact) mass is 396 g/mol. The number of aromatic nitrogens is 3. The lowest BCUT2D eigenvalue weighted by Gasteiger charge is -2.18. The van der Waals surface area contributed by atoms with E-state index in [2.05, 4.69) is 16.0 Å². The third kappa shape index (κ3) is 3.18. The molecule has 7 nitrogen and oxygen atoms in total. The Hall–Kier alpha value is -3.05. The standard InChI is InChI=1S/C20H20N4O3S/c1-5-6-23-15-10-16-17(27-8-7-26-16)11-18(15)28-20(23)21-19(25)14-9-13(4)24(22-14)12(2)3/h1,9-12H,6-8H2,2-4H3. The van der Waals surface area contributed by atoms with Crippen molar-refractivity contribution in [2.24, 2.45) is 4.99 Å². The highest BCUT2D eigenvalue weighted by Gasteiger charge is 2.18. The van der Waals surface area contributed by atoms with Crippen molar-refractivity contribution < 1.29 is 14.3 Å². The summed E-state index contributed by atoms with van der Waals surface area (Å²) >= 11 is 1.39. The summed E-state index contributed by atoms with van der Waals surface area (Å²) in [5.41, 5.74) is 2.10. The van der Waals surface area contributed by atoms with Gasteiger partial charge in [0.1, 0.15) is 13.2 Å². The number of rotatable bonds is 3. The number of aryl methyl sites for hydroxylation is 1. The first kappa shape index (κ1) is 18.3. The van der Waals surface area contributed by atoms with Gasteiger partial charge in [-0.15, -0.1) is 6.42 Å². The van der Waals surface area contributed by atoms with E-state index in [4.69, 9.17) is 15.9 Å². The van der Waals surface area contributed by atoms with Gasteiger partial charge in [-0.2, -0.15) is 10.1 Å². The first-order valence-electron chi connectivity index (χ1n) is 8.99. The highest BCUT2D eigenvalue weighted by Crippen LogP contribution is 2.35. The topological polar surface area (TPSA) is 70.6 Å². The molecule has 1 aliphatic rings. The van der Waals surface area contributed by atoms with E-state index in [1.54, 1.807) is 6.07 Å². The summed E-state index contributed by atoms with van der Waals surface area (Å²) in [6, 6.07) is 5.72. The van der Waals surface area contributed by atoms with E-state index in [0.29, 0.717) is 41.8 Å². The average molecular weight is 396 g/mol. The van der Waals surface area contributed by atoms with Gasteiger partial charge in [0.15, 0.2) is 22.0 Å². The van der Waals surface area contributed by atoms with E-state index in [-0.39, 0.29) is 6.04 Å². The molecule has 0 fully saturated rings. The molecule has 0 aliphatic carbocycles. The Labute approximate surface area is 166 Å². The maximum Gasteiger partial charge on any atom is 0.300 e. The Morgan fingerprint density at radius 2 is 2.04 bits per heavy atom. The Morgan fingerprint density at radius 1 is 1.32 bits per heavy atom. The summed E-state index contributed by atoms with van der Waals surface area (Å²) in [7, 11) is 0. The van der Waals surface area contributed by atoms with Gasteiger partial charge in [-0.3, -0.25) is 9.48 Å². The van der Waals surface area contributed by atoms with Crippen LogP contribution in [0.3, 0.4) is 0 Å². The van der Waals surface area contributed by atoms with Crippen molar-refractivity contribution in [2.75, 3.05) is 13.2 Å². The van der Waals surface area contributed by atoms with Crippen LogP contribution in [-0.4, -0.2) is 33.5 Å². The van der Waals surface area contributed by atoms with E-state index in [9.17, 15) is 4.79 Å². The van der Waals surface area contributed by atoms with E-state index in [1.807, 2.05) is 42.2 Å². The highest BCUT2D eigenvalue weighted by molar-refractivity contribution is 7.16. The van der Waals surface area contributed by atoms with Crippen LogP contribution in [0.15, 0.2) is 23.2 Å². The molecule has 0 spiro atoms. The highest BCUT2D eigenvalue weighted by atomic mass is 32.1. The first-order valence-corrected chi connectivity index (χ1v) is 9.81. The number of fused-ring (bicyclic) bond motifs is 2. The van der Waals surface area contributed by atoms with Gasteiger partial charge in [0.2, 0.25) is 0 Å². The fourth-order valence-corrected chi connectivity index (χ4v) is 4.23. The first-order chi connectivity index (χ1) is 13.5. The van der Waals surface area contributed by atoms with Crippen LogP contribution in [0.1, 0.15) is 36.1 Å². The van der Waals surface area contributed by atoms with Crippen molar-refractivity contribution in [2.45, 2.75) is 33.4 Å². The average Bonchev–Trinajstić information content (AvgIpc) is 3.21. The largest absolute Gasteiger partial charge is 0.486 e. The minimum absolute atomic E-state index is 0.170. The van der Waals surface area contributed by atoms with Gasteiger partial charge in [0, 0.05) is 23.9 Å². The van der Waals surface area contributed by atoms with Crippen molar-refractivity contribution in [1.82, 2.24) is 14.3 Å². The summed E-state index contributed by atoms with van der Waals surface area (Å²) in [6.07, 6.45) is 5.55. The van der Waals surface area contributed by atoms with Crippen LogP contribution in [0.4, 0.5) is 0 Å². The molecule has 0 saturated carbocycles. The molecule has 1 amide bonds. The van der Waals surface area contributed by atoms with Gasteiger partial charge >= 0.3 is 0 Å². The number of terminal acetylenes is 1. The molecule has 0 N–H and O–H groups in total. The molecule has 0 atom stereocenters. The van der Waals surface area contributed by atoms with Crippen LogP contribution in [0.2, 0.25) is 0 Å². The summed E-state index contributed by atoms with van der Waals surface area (Å²) in [4.78, 5) is 17.6. The minimum atomic E-state index is -0.392. The third-order valence-corrected chi connectivity index (χ3v) is 5.47. The molecule has 0 bridgehead atoms. The van der Waals surface area contributed by atoms with Gasteiger partial charge in [-0.1, -0.05) is 17.3 Å². The summed E-state index contributed by atoms with van der Waals surface area (Å²) < 4.78 is 15.9. The number of nitrogens with zero attached hydrogens (tertiary/aromatic N) is 4. The summed E-state index contributed by atoms with van der Waals surface area (Å²) in [5, 5.41) is 4.39. The van der Waals surface area contributed by atoms with Gasteiger partial charge < -0.3 is 14.0 Å². The zero-order valence-electron chi connectivity index (χ0n) is 15.9. The quantitative estimate of drug-likeness (QED) is 0.638. The van der Waals surface area contributed by atoms with E-state index in [1.165, 1.54) is 11.3 Å². The number of amides is 1. The molecule has 28 heavy (non-hydrogen) atoms. The normalized spacial score (nSPS) is 13.9. The lowest BCUT2D eigenvalue weighted by atomic mass is 10.2. The Kier molecular flexibility index (Phi) is 4.69. The maximum absolute atomic E-state index is 12.7. The van der Waals surface area contributed by atoms with Gasteiger partial charge in [-0.05, 0) is 26.8 Å². The fraction of sp³-hybridized carbons (Fsp3) is 0.350. The number of thiazole rings is 1. The van der Waals surface area contributed by atoms with Crippen LogP contribution in [0.5, 0.6) is 11.5 Å². The molecule has 0 radical (unpaired) electrons. The zero-order valence-corrected chi connectivity index (χ0v) is 16.7. The van der Waals surface area contributed by atoms with Crippen LogP contribution >= 0.6 is 11.3 Å². The molecule has 1 aromatic carbocycles. The van der Waals surface area contributed by atoms with Crippen molar-refractivity contribution in [3.63, 3.8) is 0 Å². The molecule has 2 aromatic heterocycles. The summed E-state index contributed by atoms with van der Waals surface area (Å²) in [6.45, 7) is 7.28. The van der Waals surface area contributed by atoms with Gasteiger partial charge in [0.05, 0.1) is 16.8 Å². The number of carbonyl (C=O) groups excluding carboxylic acids is 1. The number of hydrogen-bond acceptors (Lipinski definition) is 5. The zero-order chi connectivity index (χ0) is 19.8. The number of ether oxygens (including phenoxy) is 2. The predicted molar refractivity (Wildman–Crippen MR) is 107 cm³/mol. The number of benzene rings is 1. The second kappa shape index (κ2) is 7.17. The maximum atomic E-state index is 12.7. The lowest BCUT2D eigenvalue weighted by Crippen LogP contribution is -2.17. The minimum Gasteiger partial charge on any atom is -0.486 e. The molecule has 3 aromatic rings. The second-order valence-electron chi connectivity index (χ2n) is 6.76. The molecule has 144 valence electrons. The molecule has 0 saturated heterocycles. The van der Waals surface area contributed by atoms with Gasteiger partial charge in [-0.25, -0.2) is 0 Å². The van der Waals surface area contributed by atoms with Crippen molar-refractivity contribution in [1.29, 1.82) is 0 Å². The molecule has 3 heterocycles. The van der Waals surface area contributed by atoms with Crippen molar-refractivity contribution in [3.8, 4) is 23.8 Å². The second-order valence-corrected chi connectivity index (χ2v) is 7.77. The Bertz CT molecular complexity index is 1180. The van der Waals surface area contributed by atoms with Gasteiger partial charge in [0.25, 0.3) is 5.91 Å². The Morgan fingerprint density at radius 3 is 2.68 bits per heavy atom. The molecular formula is C20H20N4O3S. The van der Waals surface area contributed by atoms with E-state index < -0.39 is 5.91 Å². The molecule has 8 heteroatoms. The SMILES string of the molecule is C#CCn1c(=NC(=O)c2cc(C)n(C(C)C)n2)sc2cc3c(cc21)OCCO3. The molecular weight excluding hydrogens is 376 g/mol. The van der Waals surface area contributed by atoms with Crippen LogP contribution in [-0.2, 0) is 6.54 Å². The Balaban J connectivity index is 1.83. The smallest absolute Gasteiger partial charge is 0.300 e. The molecule has 1 aliphatic heterocycles. The summed E-state index contributed by atoms with van der Waals surface area (Å²) in [5.74, 6) is 3.60. The van der Waals surface area contributed by atoms with Crippen LogP contribution in [0, 0.1) is 19.3 Å². The number of hydrogen-bond donors (Lipinski definition) is 0. The third-order valence-electron chi connectivity index (χ3n) is 4.42. The van der Waals surface area contributed by atoms with Crippen LogP contribution in [0.25, 0.3) is 10.2 Å². The predicted octanol–water partition coefficient (Wildman–Crippen LogP) is 2.93. The lowest BCUT2D eigenvalue weighted by molar-refractivity contribution is 0.0992. The van der Waals surface area contributed by atoms with Crippen molar-refractivity contribution in [3.05, 3.63) is 34.4 Å². The fourth-order valence-electron chi connectivity index (χ4n) is 3.20. The molecule has 4 rings (SSSR count). The van der Waals surface area contributed by atoms with Crippen LogP contribution < -0.4 is 14.3 Å². The van der Waals surface area contributed by atoms with Crippen molar-refractivity contribution >= 4 is 27.5 Å². The van der Waals surface area contributed by atoms with E-state index >= 15 is 0 Å². The van der Waals surface area contributed by atoms with E-state index in [0.717, 1.165) is 15.9 Å².